The van der Waals surface area contributed by atoms with Gasteiger partial charge in [-0.15, -0.1) is 0 Å². The van der Waals surface area contributed by atoms with Gasteiger partial charge in [0.1, 0.15) is 6.04 Å². The number of hydrogen-bond donors (Lipinski definition) is 1. The quantitative estimate of drug-likeness (QED) is 0.852. The van der Waals surface area contributed by atoms with E-state index in [-0.39, 0.29) is 11.8 Å². The van der Waals surface area contributed by atoms with E-state index in [0.717, 1.165) is 12.8 Å². The number of nitrogens with zero attached hydrogens (tertiary/aromatic N) is 1. The topological polar surface area (TPSA) is 57.6 Å². The van der Waals surface area contributed by atoms with Gasteiger partial charge < -0.3 is 10.0 Å². The number of carbonyl (C=O) groups is 2. The lowest BCUT2D eigenvalue weighted by atomic mass is 9.83. The Labute approximate surface area is 115 Å². The molecule has 0 bridgehead atoms. The van der Waals surface area contributed by atoms with Gasteiger partial charge in [-0.1, -0.05) is 39.0 Å². The van der Waals surface area contributed by atoms with Crippen LogP contribution >= 0.6 is 0 Å². The number of carboxylic acids is 1. The molecule has 2 aliphatic rings. The van der Waals surface area contributed by atoms with Crippen LogP contribution in [0.25, 0.3) is 0 Å². The number of rotatable bonds is 4. The SMILES string of the molecule is CC(CC1CCCCC1)C(=O)N1CCC[C@@H]1C(=O)O. The zero-order valence-electron chi connectivity index (χ0n) is 11.8. The van der Waals surface area contributed by atoms with E-state index in [2.05, 4.69) is 0 Å². The van der Waals surface area contributed by atoms with Crippen LogP contribution in [0, 0.1) is 11.8 Å². The molecule has 108 valence electrons. The maximum Gasteiger partial charge on any atom is 0.326 e. The van der Waals surface area contributed by atoms with E-state index in [4.69, 9.17) is 5.11 Å². The third-order valence-corrected chi connectivity index (χ3v) is 4.65. The lowest BCUT2D eigenvalue weighted by molar-refractivity contribution is -0.149. The van der Waals surface area contributed by atoms with Crippen molar-refractivity contribution in [3.63, 3.8) is 0 Å². The molecule has 0 spiro atoms. The Hall–Kier alpha value is -1.06. The fraction of sp³-hybridized carbons (Fsp3) is 0.867. The predicted octanol–water partition coefficient (Wildman–Crippen LogP) is 2.67. The number of aliphatic carboxylic acids is 1. The summed E-state index contributed by atoms with van der Waals surface area (Å²) in [5.41, 5.74) is 0. The first kappa shape index (κ1) is 14.4. The molecule has 1 saturated carbocycles. The van der Waals surface area contributed by atoms with Crippen LogP contribution in [-0.4, -0.2) is 34.5 Å². The summed E-state index contributed by atoms with van der Waals surface area (Å²) < 4.78 is 0. The van der Waals surface area contributed by atoms with Gasteiger partial charge in [-0.05, 0) is 25.2 Å². The van der Waals surface area contributed by atoms with E-state index >= 15 is 0 Å². The second-order valence-corrected chi connectivity index (χ2v) is 6.17. The summed E-state index contributed by atoms with van der Waals surface area (Å²) >= 11 is 0. The maximum absolute atomic E-state index is 12.4. The minimum atomic E-state index is -0.851. The van der Waals surface area contributed by atoms with Crippen molar-refractivity contribution < 1.29 is 14.7 Å². The lowest BCUT2D eigenvalue weighted by Gasteiger charge is -2.28. The van der Waals surface area contributed by atoms with Gasteiger partial charge >= 0.3 is 5.97 Å². The van der Waals surface area contributed by atoms with Gasteiger partial charge in [0.25, 0.3) is 0 Å². The summed E-state index contributed by atoms with van der Waals surface area (Å²) in [6.45, 7) is 2.58. The predicted molar refractivity (Wildman–Crippen MR) is 72.7 cm³/mol. The smallest absolute Gasteiger partial charge is 0.326 e. The Balaban J connectivity index is 1.89. The van der Waals surface area contributed by atoms with Crippen molar-refractivity contribution in [2.24, 2.45) is 11.8 Å². The van der Waals surface area contributed by atoms with Gasteiger partial charge in [-0.2, -0.15) is 0 Å². The van der Waals surface area contributed by atoms with Crippen LogP contribution in [0.4, 0.5) is 0 Å². The van der Waals surface area contributed by atoms with Gasteiger partial charge in [0.15, 0.2) is 0 Å². The Bertz CT molecular complexity index is 336. The van der Waals surface area contributed by atoms with Crippen LogP contribution in [0.15, 0.2) is 0 Å². The third kappa shape index (κ3) is 3.48. The summed E-state index contributed by atoms with van der Waals surface area (Å²) in [6, 6.07) is -0.582. The molecule has 4 nitrogen and oxygen atoms in total. The largest absolute Gasteiger partial charge is 0.480 e. The molecule has 0 aromatic carbocycles. The normalized spacial score (nSPS) is 26.4. The van der Waals surface area contributed by atoms with Crippen LogP contribution in [0.2, 0.25) is 0 Å². The Kier molecular flexibility index (Phi) is 4.83. The number of carboxylic acid groups (broad SMARTS) is 1. The Morgan fingerprint density at radius 1 is 1.16 bits per heavy atom. The third-order valence-electron chi connectivity index (χ3n) is 4.65. The first-order valence-corrected chi connectivity index (χ1v) is 7.63. The van der Waals surface area contributed by atoms with Crippen LogP contribution in [0.1, 0.15) is 58.3 Å². The monoisotopic (exact) mass is 267 g/mol. The highest BCUT2D eigenvalue weighted by molar-refractivity contribution is 5.85. The van der Waals surface area contributed by atoms with Crippen molar-refractivity contribution in [3.05, 3.63) is 0 Å². The average molecular weight is 267 g/mol. The van der Waals surface area contributed by atoms with E-state index in [1.807, 2.05) is 6.92 Å². The summed E-state index contributed by atoms with van der Waals surface area (Å²) in [4.78, 5) is 25.1. The fourth-order valence-electron chi connectivity index (χ4n) is 3.59. The Morgan fingerprint density at radius 3 is 2.47 bits per heavy atom. The number of amides is 1. The highest BCUT2D eigenvalue weighted by Crippen LogP contribution is 2.30. The van der Waals surface area contributed by atoms with E-state index in [1.54, 1.807) is 4.90 Å². The number of carbonyl (C=O) groups excluding carboxylic acids is 1. The second-order valence-electron chi connectivity index (χ2n) is 6.17. The highest BCUT2D eigenvalue weighted by atomic mass is 16.4. The number of hydrogen-bond acceptors (Lipinski definition) is 2. The summed E-state index contributed by atoms with van der Waals surface area (Å²) in [7, 11) is 0. The van der Waals surface area contributed by atoms with Crippen molar-refractivity contribution in [1.82, 2.24) is 4.90 Å². The first-order chi connectivity index (χ1) is 9.09. The van der Waals surface area contributed by atoms with E-state index in [1.165, 1.54) is 32.1 Å². The average Bonchev–Trinajstić information content (AvgIpc) is 2.88. The molecule has 1 amide bonds. The lowest BCUT2D eigenvalue weighted by Crippen LogP contribution is -2.43. The molecule has 1 N–H and O–H groups in total. The zero-order chi connectivity index (χ0) is 13.8. The Morgan fingerprint density at radius 2 is 1.84 bits per heavy atom. The molecule has 0 radical (unpaired) electrons. The summed E-state index contributed by atoms with van der Waals surface area (Å²) in [5.74, 6) is -0.159. The molecule has 19 heavy (non-hydrogen) atoms. The molecule has 0 aromatic rings. The molecule has 4 heteroatoms. The molecule has 2 fully saturated rings. The number of likely N-dealkylation sites (tertiary alicyclic amines) is 1. The molecule has 1 heterocycles. The van der Waals surface area contributed by atoms with E-state index < -0.39 is 12.0 Å². The molecule has 0 aromatic heterocycles. The zero-order valence-corrected chi connectivity index (χ0v) is 11.8. The van der Waals surface area contributed by atoms with Crippen molar-refractivity contribution >= 4 is 11.9 Å². The van der Waals surface area contributed by atoms with Crippen LogP contribution < -0.4 is 0 Å². The van der Waals surface area contributed by atoms with Crippen LogP contribution in [0.5, 0.6) is 0 Å². The summed E-state index contributed by atoms with van der Waals surface area (Å²) in [5, 5.41) is 9.14. The molecular weight excluding hydrogens is 242 g/mol. The van der Waals surface area contributed by atoms with Gasteiger partial charge in [-0.3, -0.25) is 4.79 Å². The van der Waals surface area contributed by atoms with Gasteiger partial charge in [0, 0.05) is 12.5 Å². The molecule has 1 saturated heterocycles. The molecule has 2 atom stereocenters. The molecule has 1 unspecified atom stereocenters. The van der Waals surface area contributed by atoms with Crippen LogP contribution in [-0.2, 0) is 9.59 Å². The van der Waals surface area contributed by atoms with Gasteiger partial charge in [-0.25, -0.2) is 4.79 Å². The van der Waals surface area contributed by atoms with E-state index in [0.29, 0.717) is 18.9 Å². The standard InChI is InChI=1S/C15H25NO3/c1-11(10-12-6-3-2-4-7-12)14(17)16-9-5-8-13(16)15(18)19/h11-13H,2-10H2,1H3,(H,18,19)/t11?,13-/m1/s1. The van der Waals surface area contributed by atoms with Crippen molar-refractivity contribution in [3.8, 4) is 0 Å². The van der Waals surface area contributed by atoms with E-state index in [9.17, 15) is 9.59 Å². The molecular formula is C15H25NO3. The summed E-state index contributed by atoms with van der Waals surface area (Å²) in [6.07, 6.45) is 8.73. The maximum atomic E-state index is 12.4. The first-order valence-electron chi connectivity index (χ1n) is 7.63. The fourth-order valence-corrected chi connectivity index (χ4v) is 3.59. The van der Waals surface area contributed by atoms with Gasteiger partial charge in [0.2, 0.25) is 5.91 Å². The molecule has 1 aliphatic carbocycles. The minimum Gasteiger partial charge on any atom is -0.480 e. The van der Waals surface area contributed by atoms with Gasteiger partial charge in [0.05, 0.1) is 0 Å². The molecule has 1 aliphatic heterocycles. The van der Waals surface area contributed by atoms with Crippen molar-refractivity contribution in [2.75, 3.05) is 6.54 Å². The van der Waals surface area contributed by atoms with Crippen LogP contribution in [0.3, 0.4) is 0 Å². The molecule has 2 rings (SSSR count). The second kappa shape index (κ2) is 6.40. The van der Waals surface area contributed by atoms with Crippen molar-refractivity contribution in [2.45, 2.75) is 64.3 Å². The van der Waals surface area contributed by atoms with Crippen molar-refractivity contribution in [1.29, 1.82) is 0 Å². The minimum absolute atomic E-state index is 0.0250. The highest BCUT2D eigenvalue weighted by Gasteiger charge is 2.36.